The second kappa shape index (κ2) is 4.97. The van der Waals surface area contributed by atoms with Crippen molar-refractivity contribution < 1.29 is 17.9 Å². The Hall–Kier alpha value is -1.95. The minimum absolute atomic E-state index is 0.112. The maximum Gasteiger partial charge on any atom is 0.573 e. The van der Waals surface area contributed by atoms with Crippen molar-refractivity contribution in [3.05, 3.63) is 51.9 Å². The molecule has 0 aliphatic heterocycles. The smallest absolute Gasteiger partial charge is 0.405 e. The molecule has 3 nitrogen and oxygen atoms in total. The normalized spacial score (nSPS) is 11.4. The van der Waals surface area contributed by atoms with Gasteiger partial charge in [-0.2, -0.15) is 0 Å². The molecule has 0 bridgehead atoms. The lowest BCUT2D eigenvalue weighted by Crippen LogP contribution is -2.17. The van der Waals surface area contributed by atoms with E-state index in [-0.39, 0.29) is 16.3 Å². The second-order valence-corrected chi connectivity index (χ2v) is 4.02. The van der Waals surface area contributed by atoms with Gasteiger partial charge in [0.2, 0.25) is 0 Å². The van der Waals surface area contributed by atoms with E-state index >= 15 is 0 Å². The molecule has 1 aromatic carbocycles. The summed E-state index contributed by atoms with van der Waals surface area (Å²) in [5, 5.41) is -0.112. The molecule has 1 aromatic heterocycles. The molecule has 1 N–H and O–H groups in total. The number of aromatic amines is 1. The third kappa shape index (κ3) is 3.29. The zero-order valence-corrected chi connectivity index (χ0v) is 10.0. The lowest BCUT2D eigenvalue weighted by atomic mass is 10.1. The van der Waals surface area contributed by atoms with E-state index in [4.69, 9.17) is 11.6 Å². The maximum absolute atomic E-state index is 12.3. The first-order chi connectivity index (χ1) is 8.87. The highest BCUT2D eigenvalue weighted by Gasteiger charge is 2.32. The van der Waals surface area contributed by atoms with Gasteiger partial charge in [-0.05, 0) is 12.1 Å². The number of rotatable bonds is 2. The Morgan fingerprint density at radius 1 is 1.21 bits per heavy atom. The zero-order chi connectivity index (χ0) is 14.0. The predicted molar refractivity (Wildman–Crippen MR) is 64.2 cm³/mol. The SMILES string of the molecule is O=c1[nH]cc(-c2ccccc2OC(F)(F)F)cc1Cl. The van der Waals surface area contributed by atoms with Crippen molar-refractivity contribution in [3.8, 4) is 16.9 Å². The van der Waals surface area contributed by atoms with Crippen LogP contribution >= 0.6 is 11.6 Å². The van der Waals surface area contributed by atoms with E-state index in [1.807, 2.05) is 0 Å². The molecule has 1 heterocycles. The van der Waals surface area contributed by atoms with Crippen molar-refractivity contribution in [2.75, 3.05) is 0 Å². The molecule has 0 spiro atoms. The van der Waals surface area contributed by atoms with Crippen LogP contribution in [-0.2, 0) is 0 Å². The fraction of sp³-hybridized carbons (Fsp3) is 0.0833. The number of para-hydroxylation sites is 1. The molecule has 19 heavy (non-hydrogen) atoms. The zero-order valence-electron chi connectivity index (χ0n) is 9.29. The molecule has 100 valence electrons. The number of ether oxygens (including phenoxy) is 1. The van der Waals surface area contributed by atoms with E-state index in [1.165, 1.54) is 30.5 Å². The van der Waals surface area contributed by atoms with E-state index in [9.17, 15) is 18.0 Å². The van der Waals surface area contributed by atoms with E-state index < -0.39 is 11.9 Å². The van der Waals surface area contributed by atoms with E-state index in [0.717, 1.165) is 0 Å². The molecule has 0 aliphatic carbocycles. The number of hydrogen-bond donors (Lipinski definition) is 1. The number of hydrogen-bond acceptors (Lipinski definition) is 2. The van der Waals surface area contributed by atoms with Crippen LogP contribution in [0.5, 0.6) is 5.75 Å². The summed E-state index contributed by atoms with van der Waals surface area (Å²) < 4.78 is 40.7. The quantitative estimate of drug-likeness (QED) is 0.918. The van der Waals surface area contributed by atoms with Gasteiger partial charge in [0.05, 0.1) is 0 Å². The lowest BCUT2D eigenvalue weighted by molar-refractivity contribution is -0.274. The van der Waals surface area contributed by atoms with E-state index in [0.29, 0.717) is 5.56 Å². The van der Waals surface area contributed by atoms with Crippen LogP contribution in [0, 0.1) is 0 Å². The van der Waals surface area contributed by atoms with Crippen LogP contribution in [0.25, 0.3) is 11.1 Å². The van der Waals surface area contributed by atoms with Crippen molar-refractivity contribution in [1.29, 1.82) is 0 Å². The highest BCUT2D eigenvalue weighted by molar-refractivity contribution is 6.30. The summed E-state index contributed by atoms with van der Waals surface area (Å²) in [5.41, 5.74) is -0.0120. The average Bonchev–Trinajstić information content (AvgIpc) is 2.31. The van der Waals surface area contributed by atoms with Gasteiger partial charge in [0, 0.05) is 17.3 Å². The monoisotopic (exact) mass is 289 g/mol. The fourth-order valence-electron chi connectivity index (χ4n) is 1.53. The van der Waals surface area contributed by atoms with Gasteiger partial charge in [-0.1, -0.05) is 29.8 Å². The molecule has 0 saturated heterocycles. The molecule has 0 saturated carbocycles. The molecule has 0 unspecified atom stereocenters. The third-order valence-electron chi connectivity index (χ3n) is 2.28. The highest BCUT2D eigenvalue weighted by Crippen LogP contribution is 2.33. The van der Waals surface area contributed by atoms with E-state index in [2.05, 4.69) is 9.72 Å². The van der Waals surface area contributed by atoms with Gasteiger partial charge in [-0.3, -0.25) is 4.79 Å². The predicted octanol–water partition coefficient (Wildman–Crippen LogP) is 3.59. The van der Waals surface area contributed by atoms with Crippen LogP contribution in [-0.4, -0.2) is 11.3 Å². The van der Waals surface area contributed by atoms with Gasteiger partial charge >= 0.3 is 6.36 Å². The summed E-state index contributed by atoms with van der Waals surface area (Å²) in [5.74, 6) is -0.363. The largest absolute Gasteiger partial charge is 0.573 e. The summed E-state index contributed by atoms with van der Waals surface area (Å²) in [6.45, 7) is 0. The molecule has 0 aliphatic rings. The van der Waals surface area contributed by atoms with Gasteiger partial charge in [0.1, 0.15) is 10.8 Å². The van der Waals surface area contributed by atoms with Crippen molar-refractivity contribution in [2.24, 2.45) is 0 Å². The van der Waals surface area contributed by atoms with Crippen LogP contribution in [0.15, 0.2) is 41.3 Å². The minimum atomic E-state index is -4.79. The first kappa shape index (κ1) is 13.5. The average molecular weight is 290 g/mol. The van der Waals surface area contributed by atoms with Crippen molar-refractivity contribution in [3.63, 3.8) is 0 Å². The van der Waals surface area contributed by atoms with Crippen LogP contribution in [0.1, 0.15) is 0 Å². The third-order valence-corrected chi connectivity index (χ3v) is 2.56. The molecule has 0 fully saturated rings. The summed E-state index contributed by atoms with van der Waals surface area (Å²) in [7, 11) is 0. The van der Waals surface area contributed by atoms with Crippen LogP contribution < -0.4 is 10.3 Å². The molecule has 0 atom stereocenters. The highest BCUT2D eigenvalue weighted by atomic mass is 35.5. The molecule has 0 radical (unpaired) electrons. The Bertz CT molecular complexity index is 652. The van der Waals surface area contributed by atoms with Crippen molar-refractivity contribution in [2.45, 2.75) is 6.36 Å². The summed E-state index contributed by atoms with van der Waals surface area (Å²) in [6, 6.07) is 6.86. The Morgan fingerprint density at radius 2 is 1.89 bits per heavy atom. The summed E-state index contributed by atoms with van der Waals surface area (Å²) in [4.78, 5) is 13.4. The number of pyridine rings is 1. The first-order valence-electron chi connectivity index (χ1n) is 5.10. The van der Waals surface area contributed by atoms with Crippen molar-refractivity contribution >= 4 is 11.6 Å². The molecule has 0 amide bonds. The second-order valence-electron chi connectivity index (χ2n) is 3.61. The number of nitrogens with one attached hydrogen (secondary N) is 1. The Kier molecular flexibility index (Phi) is 3.53. The van der Waals surface area contributed by atoms with Crippen LogP contribution in [0.2, 0.25) is 5.02 Å². The fourth-order valence-corrected chi connectivity index (χ4v) is 1.70. The van der Waals surface area contributed by atoms with Gasteiger partial charge in [0.25, 0.3) is 5.56 Å². The number of benzene rings is 1. The van der Waals surface area contributed by atoms with E-state index in [1.54, 1.807) is 6.07 Å². The van der Waals surface area contributed by atoms with Crippen LogP contribution in [0.4, 0.5) is 13.2 Å². The maximum atomic E-state index is 12.3. The number of aromatic nitrogens is 1. The molecule has 2 rings (SSSR count). The van der Waals surface area contributed by atoms with Crippen LogP contribution in [0.3, 0.4) is 0 Å². The molecular formula is C12H7ClF3NO2. The van der Waals surface area contributed by atoms with Gasteiger partial charge < -0.3 is 9.72 Å². The molecule has 7 heteroatoms. The molecule has 2 aromatic rings. The van der Waals surface area contributed by atoms with Gasteiger partial charge in [0.15, 0.2) is 0 Å². The standard InChI is InChI=1S/C12H7ClF3NO2/c13-9-5-7(6-17-11(9)18)8-3-1-2-4-10(8)19-12(14,15)16/h1-6H,(H,17,18). The summed E-state index contributed by atoms with van der Waals surface area (Å²) in [6.07, 6.45) is -3.52. The number of halogens is 4. The topological polar surface area (TPSA) is 42.1 Å². The first-order valence-corrected chi connectivity index (χ1v) is 5.48. The number of H-pyrrole nitrogens is 1. The lowest BCUT2D eigenvalue weighted by Gasteiger charge is -2.13. The minimum Gasteiger partial charge on any atom is -0.405 e. The Morgan fingerprint density at radius 3 is 2.53 bits per heavy atom. The number of alkyl halides is 3. The molecular weight excluding hydrogens is 283 g/mol. The summed E-state index contributed by atoms with van der Waals surface area (Å²) >= 11 is 5.64. The Balaban J connectivity index is 2.50. The Labute approximate surface area is 110 Å². The van der Waals surface area contributed by atoms with Gasteiger partial charge in [-0.25, -0.2) is 0 Å². The van der Waals surface area contributed by atoms with Crippen molar-refractivity contribution in [1.82, 2.24) is 4.98 Å². The van der Waals surface area contributed by atoms with Gasteiger partial charge in [-0.15, -0.1) is 13.2 Å².